The zero-order valence-corrected chi connectivity index (χ0v) is 10.6. The van der Waals surface area contributed by atoms with E-state index in [1.54, 1.807) is 6.08 Å². The van der Waals surface area contributed by atoms with Gasteiger partial charge in [-0.05, 0) is 32.1 Å². The molecule has 0 aromatic heterocycles. The van der Waals surface area contributed by atoms with Crippen LogP contribution in [0.3, 0.4) is 0 Å². The third kappa shape index (κ3) is 2.32. The van der Waals surface area contributed by atoms with Gasteiger partial charge < -0.3 is 14.7 Å². The number of rotatable bonds is 4. The third-order valence-corrected chi connectivity index (χ3v) is 3.11. The van der Waals surface area contributed by atoms with Crippen molar-refractivity contribution in [3.05, 3.63) is 29.3 Å². The molecular weight excluding hydrogens is 230 g/mol. The number of nitrogens with zero attached hydrogens (tertiary/aromatic N) is 1. The van der Waals surface area contributed by atoms with Crippen molar-refractivity contribution >= 4 is 17.7 Å². The molecule has 0 fully saturated rings. The number of anilines is 1. The van der Waals surface area contributed by atoms with E-state index in [2.05, 4.69) is 18.7 Å². The summed E-state index contributed by atoms with van der Waals surface area (Å²) in [5.74, 6) is -0.169. The number of carboxylic acids is 1. The van der Waals surface area contributed by atoms with E-state index >= 15 is 0 Å². The predicted octanol–water partition coefficient (Wildman–Crippen LogP) is 2.39. The van der Waals surface area contributed by atoms with Crippen molar-refractivity contribution in [3.8, 4) is 5.75 Å². The Morgan fingerprint density at radius 1 is 1.39 bits per heavy atom. The topological polar surface area (TPSA) is 49.8 Å². The molecule has 2 rings (SSSR count). The summed E-state index contributed by atoms with van der Waals surface area (Å²) in [6.07, 6.45) is 1.67. The van der Waals surface area contributed by atoms with Crippen molar-refractivity contribution in [2.75, 3.05) is 24.6 Å². The molecule has 1 heterocycles. The summed E-state index contributed by atoms with van der Waals surface area (Å²) in [6.45, 7) is 6.21. The van der Waals surface area contributed by atoms with Crippen LogP contribution in [0.5, 0.6) is 5.75 Å². The van der Waals surface area contributed by atoms with E-state index in [0.29, 0.717) is 0 Å². The Bertz CT molecular complexity index is 490. The van der Waals surface area contributed by atoms with E-state index in [1.807, 2.05) is 18.2 Å². The first-order valence-electron chi connectivity index (χ1n) is 6.11. The zero-order chi connectivity index (χ0) is 13.1. The summed E-state index contributed by atoms with van der Waals surface area (Å²) >= 11 is 0. The van der Waals surface area contributed by atoms with E-state index < -0.39 is 5.97 Å². The smallest absolute Gasteiger partial charge is 0.335 e. The molecule has 0 amide bonds. The first-order valence-corrected chi connectivity index (χ1v) is 6.11. The van der Waals surface area contributed by atoms with Crippen LogP contribution in [0.15, 0.2) is 23.8 Å². The molecule has 4 heteroatoms. The van der Waals surface area contributed by atoms with E-state index in [1.165, 1.54) is 0 Å². The predicted molar refractivity (Wildman–Crippen MR) is 71.1 cm³/mol. The fourth-order valence-corrected chi connectivity index (χ4v) is 2.06. The Labute approximate surface area is 106 Å². The maximum atomic E-state index is 10.9. The van der Waals surface area contributed by atoms with Crippen molar-refractivity contribution in [2.24, 2.45) is 0 Å². The number of carbonyl (C=O) groups is 1. The number of benzene rings is 1. The molecule has 0 bridgehead atoms. The molecule has 0 radical (unpaired) electrons. The molecule has 18 heavy (non-hydrogen) atoms. The summed E-state index contributed by atoms with van der Waals surface area (Å²) in [6, 6.07) is 5.87. The van der Waals surface area contributed by atoms with Crippen LogP contribution in [0.25, 0.3) is 6.08 Å². The van der Waals surface area contributed by atoms with Gasteiger partial charge in [0.2, 0.25) is 0 Å². The average molecular weight is 247 g/mol. The van der Waals surface area contributed by atoms with Gasteiger partial charge in [0, 0.05) is 30.4 Å². The number of carboxylic acid groups (broad SMARTS) is 1. The number of hydrogen-bond acceptors (Lipinski definition) is 3. The largest absolute Gasteiger partial charge is 0.488 e. The van der Waals surface area contributed by atoms with Gasteiger partial charge in [0.05, 0.1) is 5.57 Å². The van der Waals surface area contributed by atoms with Gasteiger partial charge in [-0.2, -0.15) is 0 Å². The molecule has 0 spiro atoms. The molecule has 1 aromatic rings. The number of hydrogen-bond donors (Lipinski definition) is 1. The standard InChI is InChI=1S/C14H17NO3/c1-3-15(4-2)12-6-5-10-7-11(14(16)17)9-18-13(10)8-12/h5-8H,3-4,9H2,1-2H3,(H,16,17). The lowest BCUT2D eigenvalue weighted by atomic mass is 10.1. The molecule has 1 aliphatic heterocycles. The lowest BCUT2D eigenvalue weighted by Crippen LogP contribution is -2.22. The maximum Gasteiger partial charge on any atom is 0.335 e. The van der Waals surface area contributed by atoms with Crippen LogP contribution >= 0.6 is 0 Å². The highest BCUT2D eigenvalue weighted by Crippen LogP contribution is 2.30. The number of ether oxygens (including phenoxy) is 1. The molecule has 96 valence electrons. The highest BCUT2D eigenvalue weighted by Gasteiger charge is 2.17. The summed E-state index contributed by atoms with van der Waals surface area (Å²) in [7, 11) is 0. The molecule has 1 N–H and O–H groups in total. The van der Waals surface area contributed by atoms with Crippen LogP contribution in [0.1, 0.15) is 19.4 Å². The van der Waals surface area contributed by atoms with E-state index in [4.69, 9.17) is 9.84 Å². The van der Waals surface area contributed by atoms with Crippen LogP contribution in [0.2, 0.25) is 0 Å². The molecule has 0 saturated heterocycles. The Balaban J connectivity index is 2.33. The SMILES string of the molecule is CCN(CC)c1ccc2c(c1)OCC(C(=O)O)=C2. The van der Waals surface area contributed by atoms with Gasteiger partial charge in [-0.15, -0.1) is 0 Å². The van der Waals surface area contributed by atoms with E-state index in [0.717, 1.165) is 30.1 Å². The molecule has 0 aliphatic carbocycles. The molecule has 1 aromatic carbocycles. The number of fused-ring (bicyclic) bond motifs is 1. The van der Waals surface area contributed by atoms with Crippen LogP contribution < -0.4 is 9.64 Å². The van der Waals surface area contributed by atoms with Crippen molar-refractivity contribution in [3.63, 3.8) is 0 Å². The Morgan fingerprint density at radius 2 is 2.11 bits per heavy atom. The van der Waals surface area contributed by atoms with Crippen LogP contribution in [0, 0.1) is 0 Å². The monoisotopic (exact) mass is 247 g/mol. The first-order chi connectivity index (χ1) is 8.65. The second-order valence-electron chi connectivity index (χ2n) is 4.16. The minimum Gasteiger partial charge on any atom is -0.488 e. The van der Waals surface area contributed by atoms with Crippen molar-refractivity contribution in [1.82, 2.24) is 0 Å². The Kier molecular flexibility index (Phi) is 3.55. The normalized spacial score (nSPS) is 13.3. The minimum absolute atomic E-state index is 0.129. The van der Waals surface area contributed by atoms with Crippen LogP contribution in [-0.4, -0.2) is 30.8 Å². The highest BCUT2D eigenvalue weighted by molar-refractivity contribution is 5.93. The van der Waals surface area contributed by atoms with Gasteiger partial charge >= 0.3 is 5.97 Å². The lowest BCUT2D eigenvalue weighted by Gasteiger charge is -2.23. The summed E-state index contributed by atoms with van der Waals surface area (Å²) in [5.41, 5.74) is 2.22. The summed E-state index contributed by atoms with van der Waals surface area (Å²) < 4.78 is 5.50. The molecule has 0 atom stereocenters. The van der Waals surface area contributed by atoms with Gasteiger partial charge in [-0.3, -0.25) is 0 Å². The molecule has 1 aliphatic rings. The van der Waals surface area contributed by atoms with Crippen molar-refractivity contribution < 1.29 is 14.6 Å². The zero-order valence-electron chi connectivity index (χ0n) is 10.6. The van der Waals surface area contributed by atoms with Gasteiger partial charge in [0.1, 0.15) is 12.4 Å². The van der Waals surface area contributed by atoms with E-state index in [9.17, 15) is 4.79 Å². The first kappa shape index (κ1) is 12.5. The van der Waals surface area contributed by atoms with Crippen LogP contribution in [0.4, 0.5) is 5.69 Å². The second kappa shape index (κ2) is 5.12. The second-order valence-corrected chi connectivity index (χ2v) is 4.16. The van der Waals surface area contributed by atoms with Gasteiger partial charge in [-0.25, -0.2) is 4.79 Å². The quantitative estimate of drug-likeness (QED) is 0.887. The average Bonchev–Trinajstić information content (AvgIpc) is 2.39. The third-order valence-electron chi connectivity index (χ3n) is 3.11. The fraction of sp³-hybridized carbons (Fsp3) is 0.357. The van der Waals surface area contributed by atoms with Crippen molar-refractivity contribution in [2.45, 2.75) is 13.8 Å². The maximum absolute atomic E-state index is 10.9. The Morgan fingerprint density at radius 3 is 2.72 bits per heavy atom. The fourth-order valence-electron chi connectivity index (χ4n) is 2.06. The van der Waals surface area contributed by atoms with Gasteiger partial charge in [0.15, 0.2) is 0 Å². The Hall–Kier alpha value is -1.97. The molecule has 0 unspecified atom stereocenters. The highest BCUT2D eigenvalue weighted by atomic mass is 16.5. The molecular formula is C14H17NO3. The minimum atomic E-state index is -0.923. The summed E-state index contributed by atoms with van der Waals surface area (Å²) in [5, 5.41) is 8.93. The number of aliphatic carboxylic acids is 1. The molecule has 0 saturated carbocycles. The van der Waals surface area contributed by atoms with E-state index in [-0.39, 0.29) is 12.2 Å². The van der Waals surface area contributed by atoms with Gasteiger partial charge in [-0.1, -0.05) is 0 Å². The van der Waals surface area contributed by atoms with Gasteiger partial charge in [0.25, 0.3) is 0 Å². The van der Waals surface area contributed by atoms with Crippen LogP contribution in [-0.2, 0) is 4.79 Å². The van der Waals surface area contributed by atoms with Crippen molar-refractivity contribution in [1.29, 1.82) is 0 Å². The molecule has 4 nitrogen and oxygen atoms in total. The summed E-state index contributed by atoms with van der Waals surface area (Å²) in [4.78, 5) is 13.1. The lowest BCUT2D eigenvalue weighted by molar-refractivity contribution is -0.132.